The highest BCUT2D eigenvalue weighted by Crippen LogP contribution is 2.12. The van der Waals surface area contributed by atoms with E-state index >= 15 is 0 Å². The molecule has 1 rings (SSSR count). The minimum absolute atomic E-state index is 0.000439. The van der Waals surface area contributed by atoms with Gasteiger partial charge in [0.15, 0.2) is 0 Å². The zero-order valence-electron chi connectivity index (χ0n) is 9.60. The predicted octanol–water partition coefficient (Wildman–Crippen LogP) is 0.943. The van der Waals surface area contributed by atoms with E-state index in [0.717, 1.165) is 10.0 Å². The van der Waals surface area contributed by atoms with Crippen LogP contribution in [0.25, 0.3) is 0 Å². The topological polar surface area (TPSA) is 86.6 Å². The Hall–Kier alpha value is -1.40. The minimum Gasteiger partial charge on any atom is -0.480 e. The van der Waals surface area contributed by atoms with Crippen molar-refractivity contribution in [2.24, 2.45) is 0 Å². The monoisotopic (exact) mass is 315 g/mol. The maximum Gasteiger partial charge on any atom is 0.326 e. The molecule has 0 bridgehead atoms. The largest absolute Gasteiger partial charge is 0.480 e. The van der Waals surface area contributed by atoms with Gasteiger partial charge in [-0.1, -0.05) is 28.1 Å². The first-order valence-electron chi connectivity index (χ1n) is 5.40. The number of benzene rings is 1. The predicted molar refractivity (Wildman–Crippen MR) is 69.1 cm³/mol. The summed E-state index contributed by atoms with van der Waals surface area (Å²) >= 11 is 3.29. The fourth-order valence-electron chi connectivity index (χ4n) is 1.46. The van der Waals surface area contributed by atoms with E-state index in [0.29, 0.717) is 0 Å². The van der Waals surface area contributed by atoms with Gasteiger partial charge in [-0.25, -0.2) is 4.79 Å². The smallest absolute Gasteiger partial charge is 0.326 e. The summed E-state index contributed by atoms with van der Waals surface area (Å²) in [4.78, 5) is 22.4. The van der Waals surface area contributed by atoms with Gasteiger partial charge < -0.3 is 15.5 Å². The fraction of sp³-hybridized carbons (Fsp3) is 0.333. The van der Waals surface area contributed by atoms with Crippen LogP contribution in [0.15, 0.2) is 28.7 Å². The molecule has 98 valence electrons. The second-order valence-electron chi connectivity index (χ2n) is 3.78. The van der Waals surface area contributed by atoms with Crippen molar-refractivity contribution in [1.82, 2.24) is 5.32 Å². The molecular weight excluding hydrogens is 302 g/mol. The maximum atomic E-state index is 11.6. The van der Waals surface area contributed by atoms with Crippen LogP contribution in [0.2, 0.25) is 0 Å². The van der Waals surface area contributed by atoms with Crippen LogP contribution in [-0.2, 0) is 16.0 Å². The third-order valence-electron chi connectivity index (χ3n) is 2.30. The second kappa shape index (κ2) is 7.13. The molecule has 0 aliphatic rings. The van der Waals surface area contributed by atoms with Crippen LogP contribution in [0.3, 0.4) is 0 Å². The molecule has 3 N–H and O–H groups in total. The van der Waals surface area contributed by atoms with Gasteiger partial charge in [-0.2, -0.15) is 0 Å². The Morgan fingerprint density at radius 3 is 2.67 bits per heavy atom. The van der Waals surface area contributed by atoms with E-state index in [9.17, 15) is 9.59 Å². The number of carboxylic acids is 1. The third kappa shape index (κ3) is 4.85. The first-order chi connectivity index (χ1) is 8.52. The number of carbonyl (C=O) groups excluding carboxylic acids is 1. The van der Waals surface area contributed by atoms with E-state index in [1.807, 2.05) is 6.07 Å². The lowest BCUT2D eigenvalue weighted by atomic mass is 10.1. The van der Waals surface area contributed by atoms with E-state index in [2.05, 4.69) is 21.2 Å². The normalized spacial score (nSPS) is 11.9. The Labute approximate surface area is 113 Å². The van der Waals surface area contributed by atoms with Gasteiger partial charge in [0.25, 0.3) is 0 Å². The van der Waals surface area contributed by atoms with Crippen LogP contribution in [0.1, 0.15) is 12.0 Å². The van der Waals surface area contributed by atoms with Crippen LogP contribution in [-0.4, -0.2) is 34.7 Å². The van der Waals surface area contributed by atoms with Gasteiger partial charge in [-0.15, -0.1) is 0 Å². The second-order valence-corrected chi connectivity index (χ2v) is 4.69. The molecule has 1 unspecified atom stereocenters. The van der Waals surface area contributed by atoms with Crippen LogP contribution in [0, 0.1) is 0 Å². The van der Waals surface area contributed by atoms with Crippen LogP contribution < -0.4 is 5.32 Å². The van der Waals surface area contributed by atoms with Crippen molar-refractivity contribution < 1.29 is 19.8 Å². The molecule has 6 heteroatoms. The Bertz CT molecular complexity index is 436. The van der Waals surface area contributed by atoms with E-state index < -0.39 is 12.0 Å². The zero-order valence-corrected chi connectivity index (χ0v) is 11.2. The molecule has 5 nitrogen and oxygen atoms in total. The average Bonchev–Trinajstić information content (AvgIpc) is 2.28. The molecule has 0 saturated carbocycles. The Kier molecular flexibility index (Phi) is 5.80. The van der Waals surface area contributed by atoms with E-state index in [1.54, 1.807) is 18.2 Å². The van der Waals surface area contributed by atoms with Crippen molar-refractivity contribution in [2.75, 3.05) is 6.61 Å². The molecule has 1 amide bonds. The molecule has 0 saturated heterocycles. The lowest BCUT2D eigenvalue weighted by Crippen LogP contribution is -2.42. The summed E-state index contributed by atoms with van der Waals surface area (Å²) in [5.74, 6) is -1.53. The molecule has 1 aromatic rings. The van der Waals surface area contributed by atoms with E-state index in [1.165, 1.54) is 0 Å². The van der Waals surface area contributed by atoms with Gasteiger partial charge in [0.05, 0.1) is 6.42 Å². The molecule has 0 heterocycles. The quantitative estimate of drug-likeness (QED) is 0.729. The standard InChI is InChI=1S/C12H14BrNO4/c13-9-3-1-2-8(6-9)7-11(16)14-10(4-5-15)12(17)18/h1-3,6,10,15H,4-5,7H2,(H,14,16)(H,17,18). The van der Waals surface area contributed by atoms with Crippen molar-refractivity contribution in [3.05, 3.63) is 34.3 Å². The Balaban J connectivity index is 2.57. The first kappa shape index (κ1) is 14.7. The summed E-state index contributed by atoms with van der Waals surface area (Å²) < 4.78 is 0.859. The molecule has 0 aromatic heterocycles. The summed E-state index contributed by atoms with van der Waals surface area (Å²) in [6, 6.07) is 6.17. The molecule has 0 spiro atoms. The number of hydrogen-bond acceptors (Lipinski definition) is 3. The molecule has 0 aliphatic carbocycles. The maximum absolute atomic E-state index is 11.6. The molecule has 0 radical (unpaired) electrons. The Morgan fingerprint density at radius 2 is 2.11 bits per heavy atom. The van der Waals surface area contributed by atoms with Gasteiger partial charge in [0.1, 0.15) is 6.04 Å². The van der Waals surface area contributed by atoms with E-state index in [-0.39, 0.29) is 25.4 Å². The van der Waals surface area contributed by atoms with Gasteiger partial charge in [-0.05, 0) is 17.7 Å². The molecular formula is C12H14BrNO4. The van der Waals surface area contributed by atoms with Crippen molar-refractivity contribution in [3.63, 3.8) is 0 Å². The molecule has 1 atom stereocenters. The van der Waals surface area contributed by atoms with Crippen molar-refractivity contribution in [1.29, 1.82) is 0 Å². The summed E-state index contributed by atoms with van der Waals surface area (Å²) in [6.45, 7) is -0.284. The molecule has 0 fully saturated rings. The summed E-state index contributed by atoms with van der Waals surface area (Å²) in [7, 11) is 0. The lowest BCUT2D eigenvalue weighted by Gasteiger charge is -2.13. The molecule has 1 aromatic carbocycles. The number of carboxylic acid groups (broad SMARTS) is 1. The number of halogens is 1. The number of hydrogen-bond donors (Lipinski definition) is 3. The van der Waals surface area contributed by atoms with Crippen LogP contribution >= 0.6 is 15.9 Å². The van der Waals surface area contributed by atoms with Gasteiger partial charge >= 0.3 is 5.97 Å². The number of aliphatic hydroxyl groups is 1. The summed E-state index contributed by atoms with van der Waals surface area (Å²) in [5.41, 5.74) is 0.787. The highest BCUT2D eigenvalue weighted by molar-refractivity contribution is 9.10. The zero-order chi connectivity index (χ0) is 13.5. The van der Waals surface area contributed by atoms with Crippen molar-refractivity contribution >= 4 is 27.8 Å². The molecule has 18 heavy (non-hydrogen) atoms. The summed E-state index contributed by atoms with van der Waals surface area (Å²) in [5, 5.41) is 19.9. The van der Waals surface area contributed by atoms with Crippen LogP contribution in [0.4, 0.5) is 0 Å². The fourth-order valence-corrected chi connectivity index (χ4v) is 1.91. The van der Waals surface area contributed by atoms with Gasteiger partial charge in [0, 0.05) is 17.5 Å². The third-order valence-corrected chi connectivity index (χ3v) is 2.80. The van der Waals surface area contributed by atoms with Crippen molar-refractivity contribution in [3.8, 4) is 0 Å². The average molecular weight is 316 g/mol. The number of amides is 1. The number of carbonyl (C=O) groups is 2. The highest BCUT2D eigenvalue weighted by Gasteiger charge is 2.19. The van der Waals surface area contributed by atoms with Crippen molar-refractivity contribution in [2.45, 2.75) is 18.9 Å². The number of rotatable bonds is 6. The lowest BCUT2D eigenvalue weighted by molar-refractivity contribution is -0.142. The number of aliphatic hydroxyl groups excluding tert-OH is 1. The highest BCUT2D eigenvalue weighted by atomic mass is 79.9. The Morgan fingerprint density at radius 1 is 1.39 bits per heavy atom. The number of aliphatic carboxylic acids is 1. The van der Waals surface area contributed by atoms with Gasteiger partial charge in [-0.3, -0.25) is 4.79 Å². The van der Waals surface area contributed by atoms with Crippen LogP contribution in [0.5, 0.6) is 0 Å². The first-order valence-corrected chi connectivity index (χ1v) is 6.19. The molecule has 0 aliphatic heterocycles. The number of nitrogens with one attached hydrogen (secondary N) is 1. The summed E-state index contributed by atoms with van der Waals surface area (Å²) in [6.07, 6.45) is 0.105. The van der Waals surface area contributed by atoms with E-state index in [4.69, 9.17) is 10.2 Å². The SMILES string of the molecule is O=C(Cc1cccc(Br)c1)NC(CCO)C(=O)O. The minimum atomic E-state index is -1.15. The van der Waals surface area contributed by atoms with Gasteiger partial charge in [0.2, 0.25) is 5.91 Å².